The number of carbonyl (C=O) groups excluding carboxylic acids is 1. The number of benzene rings is 1. The lowest BCUT2D eigenvalue weighted by molar-refractivity contribution is -0.268. The second kappa shape index (κ2) is 5.44. The molecule has 0 radical (unpaired) electrons. The number of ether oxygens (including phenoxy) is 4. The number of aliphatic hydroxyl groups is 1. The molecule has 6 nitrogen and oxygen atoms in total. The van der Waals surface area contributed by atoms with Crippen molar-refractivity contribution >= 4 is 5.97 Å². The molecule has 22 heavy (non-hydrogen) atoms. The predicted octanol–water partition coefficient (Wildman–Crippen LogP) is 1.67. The van der Waals surface area contributed by atoms with Crippen LogP contribution in [0.25, 0.3) is 0 Å². The normalized spacial score (nSPS) is 30.6. The van der Waals surface area contributed by atoms with Crippen molar-refractivity contribution in [2.24, 2.45) is 0 Å². The first-order valence-electron chi connectivity index (χ1n) is 7.30. The van der Waals surface area contributed by atoms with Crippen molar-refractivity contribution in [1.82, 2.24) is 0 Å². The molecule has 0 bridgehead atoms. The van der Waals surface area contributed by atoms with Crippen molar-refractivity contribution in [3.63, 3.8) is 0 Å². The highest BCUT2D eigenvalue weighted by atomic mass is 16.7. The van der Waals surface area contributed by atoms with E-state index in [1.54, 1.807) is 19.2 Å². The number of hydrogen-bond donors (Lipinski definition) is 1. The van der Waals surface area contributed by atoms with E-state index in [9.17, 15) is 9.90 Å². The lowest BCUT2D eigenvalue weighted by Crippen LogP contribution is -2.52. The number of esters is 1. The Labute approximate surface area is 128 Å². The van der Waals surface area contributed by atoms with E-state index in [2.05, 4.69) is 0 Å². The van der Waals surface area contributed by atoms with E-state index in [1.165, 1.54) is 7.11 Å². The molecule has 0 saturated carbocycles. The number of fused-ring (bicyclic) bond motifs is 1. The van der Waals surface area contributed by atoms with Gasteiger partial charge in [0.05, 0.1) is 26.4 Å². The summed E-state index contributed by atoms with van der Waals surface area (Å²) in [5.41, 5.74) is 1.14. The van der Waals surface area contributed by atoms with E-state index in [4.69, 9.17) is 18.9 Å². The molecule has 0 aliphatic carbocycles. The SMILES string of the molecule is COc1cc2c(c(OC)c1)C(=O)O[C@@]1(C2)C[C@@H](O)C[C@H](C)O1. The van der Waals surface area contributed by atoms with Gasteiger partial charge in [-0.1, -0.05) is 0 Å². The zero-order chi connectivity index (χ0) is 15.9. The Morgan fingerprint density at radius 3 is 2.73 bits per heavy atom. The minimum Gasteiger partial charge on any atom is -0.497 e. The molecule has 0 unspecified atom stereocenters. The smallest absolute Gasteiger partial charge is 0.344 e. The number of aliphatic hydroxyl groups excluding tert-OH is 1. The van der Waals surface area contributed by atoms with Crippen LogP contribution in [0.1, 0.15) is 35.7 Å². The maximum Gasteiger partial charge on any atom is 0.344 e. The van der Waals surface area contributed by atoms with E-state index in [0.717, 1.165) is 5.56 Å². The molecule has 0 aromatic heterocycles. The fourth-order valence-corrected chi connectivity index (χ4v) is 3.31. The van der Waals surface area contributed by atoms with Gasteiger partial charge in [0.2, 0.25) is 5.79 Å². The van der Waals surface area contributed by atoms with Crippen LogP contribution < -0.4 is 9.47 Å². The van der Waals surface area contributed by atoms with Crippen LogP contribution in [0, 0.1) is 0 Å². The van der Waals surface area contributed by atoms with Crippen molar-refractivity contribution in [2.45, 2.75) is 44.2 Å². The molecule has 2 heterocycles. The Morgan fingerprint density at radius 2 is 2.09 bits per heavy atom. The van der Waals surface area contributed by atoms with Gasteiger partial charge in [0.1, 0.15) is 17.1 Å². The van der Waals surface area contributed by atoms with Gasteiger partial charge in [0, 0.05) is 18.9 Å². The lowest BCUT2D eigenvalue weighted by atomic mass is 9.89. The van der Waals surface area contributed by atoms with Gasteiger partial charge >= 0.3 is 5.97 Å². The van der Waals surface area contributed by atoms with Crippen molar-refractivity contribution in [3.8, 4) is 11.5 Å². The Morgan fingerprint density at radius 1 is 1.32 bits per heavy atom. The molecule has 1 saturated heterocycles. The number of rotatable bonds is 2. The number of carbonyl (C=O) groups is 1. The molecule has 3 rings (SSSR count). The second-order valence-electron chi connectivity index (χ2n) is 5.86. The maximum absolute atomic E-state index is 12.4. The minimum atomic E-state index is -1.11. The van der Waals surface area contributed by atoms with Crippen LogP contribution >= 0.6 is 0 Å². The summed E-state index contributed by atoms with van der Waals surface area (Å²) in [6.45, 7) is 1.86. The van der Waals surface area contributed by atoms with Gasteiger partial charge in [-0.05, 0) is 25.0 Å². The molecule has 2 aliphatic heterocycles. The Bertz CT molecular complexity index is 587. The number of methoxy groups -OCH3 is 2. The van der Waals surface area contributed by atoms with E-state index < -0.39 is 17.9 Å². The fourth-order valence-electron chi connectivity index (χ4n) is 3.31. The van der Waals surface area contributed by atoms with Crippen LogP contribution in [0.4, 0.5) is 0 Å². The summed E-state index contributed by atoms with van der Waals surface area (Å²) in [4.78, 5) is 12.4. The van der Waals surface area contributed by atoms with E-state index in [0.29, 0.717) is 29.9 Å². The van der Waals surface area contributed by atoms with E-state index in [1.807, 2.05) is 6.92 Å². The summed E-state index contributed by atoms with van der Waals surface area (Å²) in [6, 6.07) is 3.44. The van der Waals surface area contributed by atoms with Crippen LogP contribution in [0.5, 0.6) is 11.5 Å². The highest BCUT2D eigenvalue weighted by Gasteiger charge is 2.48. The molecular formula is C16H20O6. The van der Waals surface area contributed by atoms with Crippen LogP contribution in [0.3, 0.4) is 0 Å². The average molecular weight is 308 g/mol. The summed E-state index contributed by atoms with van der Waals surface area (Å²) in [6.07, 6.45) is 0.440. The van der Waals surface area contributed by atoms with Gasteiger partial charge in [0.15, 0.2) is 0 Å². The molecule has 6 heteroatoms. The molecular weight excluding hydrogens is 288 g/mol. The Kier molecular flexibility index (Phi) is 3.74. The first kappa shape index (κ1) is 15.1. The topological polar surface area (TPSA) is 74.2 Å². The molecule has 2 aliphatic rings. The first-order chi connectivity index (χ1) is 10.5. The lowest BCUT2D eigenvalue weighted by Gasteiger charge is -2.44. The average Bonchev–Trinajstić information content (AvgIpc) is 2.43. The van der Waals surface area contributed by atoms with Gasteiger partial charge in [0.25, 0.3) is 0 Å². The quantitative estimate of drug-likeness (QED) is 0.838. The molecule has 3 atom stereocenters. The summed E-state index contributed by atoms with van der Waals surface area (Å²) >= 11 is 0. The molecule has 120 valence electrons. The molecule has 1 fully saturated rings. The monoisotopic (exact) mass is 308 g/mol. The summed E-state index contributed by atoms with van der Waals surface area (Å²) < 4.78 is 22.0. The predicted molar refractivity (Wildman–Crippen MR) is 77.2 cm³/mol. The van der Waals surface area contributed by atoms with Crippen molar-refractivity contribution in [1.29, 1.82) is 0 Å². The molecule has 1 N–H and O–H groups in total. The summed E-state index contributed by atoms with van der Waals surface area (Å²) in [5, 5.41) is 10.0. The van der Waals surface area contributed by atoms with Crippen molar-refractivity contribution < 1.29 is 28.8 Å². The van der Waals surface area contributed by atoms with Gasteiger partial charge in [-0.25, -0.2) is 4.79 Å². The van der Waals surface area contributed by atoms with E-state index in [-0.39, 0.29) is 12.5 Å². The zero-order valence-electron chi connectivity index (χ0n) is 12.9. The molecule has 0 amide bonds. The maximum atomic E-state index is 12.4. The van der Waals surface area contributed by atoms with E-state index >= 15 is 0 Å². The van der Waals surface area contributed by atoms with Crippen molar-refractivity contribution in [3.05, 3.63) is 23.3 Å². The molecule has 1 aromatic carbocycles. The fraction of sp³-hybridized carbons (Fsp3) is 0.562. The zero-order valence-corrected chi connectivity index (χ0v) is 12.9. The summed E-state index contributed by atoms with van der Waals surface area (Å²) in [5.74, 6) is -0.594. The highest BCUT2D eigenvalue weighted by molar-refractivity contribution is 5.96. The molecule has 1 aromatic rings. The third-order valence-electron chi connectivity index (χ3n) is 4.12. The van der Waals surface area contributed by atoms with Gasteiger partial charge in [-0.3, -0.25) is 0 Å². The highest BCUT2D eigenvalue weighted by Crippen LogP contribution is 2.42. The van der Waals surface area contributed by atoms with Crippen LogP contribution in [-0.2, 0) is 15.9 Å². The van der Waals surface area contributed by atoms with Crippen LogP contribution in [-0.4, -0.2) is 43.3 Å². The first-order valence-corrected chi connectivity index (χ1v) is 7.30. The molecule has 1 spiro atoms. The van der Waals surface area contributed by atoms with Gasteiger partial charge in [-0.2, -0.15) is 0 Å². The second-order valence-corrected chi connectivity index (χ2v) is 5.86. The van der Waals surface area contributed by atoms with Crippen LogP contribution in [0.2, 0.25) is 0 Å². The van der Waals surface area contributed by atoms with Gasteiger partial charge < -0.3 is 24.1 Å². The number of hydrogen-bond acceptors (Lipinski definition) is 6. The Balaban J connectivity index is 2.03. The largest absolute Gasteiger partial charge is 0.497 e. The van der Waals surface area contributed by atoms with Crippen molar-refractivity contribution in [2.75, 3.05) is 14.2 Å². The summed E-state index contributed by atoms with van der Waals surface area (Å²) in [7, 11) is 3.05. The van der Waals surface area contributed by atoms with Gasteiger partial charge in [-0.15, -0.1) is 0 Å². The minimum absolute atomic E-state index is 0.175. The Hall–Kier alpha value is -1.79. The standard InChI is InChI=1S/C16H20O6/c1-9-4-11(17)8-16(21-9)7-10-5-12(19-2)6-13(20-3)14(10)15(18)22-16/h5-6,9,11,17H,4,7-8H2,1-3H3/t9-,11-,16-/m0/s1. The van der Waals surface area contributed by atoms with Crippen LogP contribution in [0.15, 0.2) is 12.1 Å². The third-order valence-corrected chi connectivity index (χ3v) is 4.12. The third kappa shape index (κ3) is 2.53.